The molecular weight excluding hydrogens is 274 g/mol. The fraction of sp³-hybridized carbons (Fsp3) is 0.100. The second kappa shape index (κ2) is 5.43. The minimum Gasteiger partial charge on any atom is -0.487 e. The predicted octanol–water partition coefficient (Wildman–Crippen LogP) is 3.67. The van der Waals surface area contributed by atoms with Gasteiger partial charge in [-0.15, -0.1) is 0 Å². The Morgan fingerprint density at radius 2 is 1.81 bits per heavy atom. The van der Waals surface area contributed by atoms with Crippen molar-refractivity contribution >= 4 is 40.8 Å². The molecule has 0 aliphatic heterocycles. The van der Waals surface area contributed by atoms with Gasteiger partial charge in [-0.2, -0.15) is 0 Å². The van der Waals surface area contributed by atoms with Crippen LogP contribution in [0.4, 0.5) is 0 Å². The molecule has 0 aliphatic carbocycles. The van der Waals surface area contributed by atoms with Gasteiger partial charge in [0.1, 0.15) is 12.4 Å². The molecule has 1 N–H and O–H groups in total. The van der Waals surface area contributed by atoms with Gasteiger partial charge in [-0.1, -0.05) is 41.4 Å². The molecule has 0 amide bonds. The van der Waals surface area contributed by atoms with E-state index < -0.39 is 5.97 Å². The van der Waals surface area contributed by atoms with Crippen LogP contribution in [0.2, 0.25) is 15.1 Å². The van der Waals surface area contributed by atoms with Gasteiger partial charge in [0.25, 0.3) is 0 Å². The second-order valence-corrected chi connectivity index (χ2v) is 4.12. The van der Waals surface area contributed by atoms with E-state index in [1.54, 1.807) is 0 Å². The lowest BCUT2D eigenvalue weighted by atomic mass is 10.3. The summed E-state index contributed by atoms with van der Waals surface area (Å²) in [6.45, 7) is 3.14. The summed E-state index contributed by atoms with van der Waals surface area (Å²) < 4.78 is 5.14. The molecule has 0 atom stereocenters. The van der Waals surface area contributed by atoms with Gasteiger partial charge in [0.05, 0.1) is 20.6 Å². The van der Waals surface area contributed by atoms with Crippen LogP contribution in [0, 0.1) is 0 Å². The summed E-state index contributed by atoms with van der Waals surface area (Å²) in [5.74, 6) is -0.866. The number of aliphatic carboxylic acids is 1. The molecule has 3 nitrogen and oxygen atoms in total. The molecule has 0 saturated carbocycles. The molecule has 0 heterocycles. The predicted molar refractivity (Wildman–Crippen MR) is 63.7 cm³/mol. The Hall–Kier alpha value is -0.900. The van der Waals surface area contributed by atoms with Crippen LogP contribution >= 0.6 is 34.8 Å². The Morgan fingerprint density at radius 1 is 1.25 bits per heavy atom. The average molecular weight is 282 g/mol. The molecular formula is C10H7Cl3O3. The Morgan fingerprint density at radius 3 is 2.38 bits per heavy atom. The number of hydrogen-bond acceptors (Lipinski definition) is 2. The average Bonchev–Trinajstić information content (AvgIpc) is 2.20. The molecule has 1 aromatic carbocycles. The highest BCUT2D eigenvalue weighted by Crippen LogP contribution is 2.33. The number of halogens is 3. The third kappa shape index (κ3) is 3.30. The van der Waals surface area contributed by atoms with E-state index in [0.29, 0.717) is 5.02 Å². The topological polar surface area (TPSA) is 46.5 Å². The molecule has 86 valence electrons. The van der Waals surface area contributed by atoms with Crippen LogP contribution in [-0.2, 0) is 4.79 Å². The van der Waals surface area contributed by atoms with Crippen molar-refractivity contribution in [2.45, 2.75) is 0 Å². The molecule has 0 aliphatic rings. The van der Waals surface area contributed by atoms with Gasteiger partial charge in [-0.25, -0.2) is 4.79 Å². The highest BCUT2D eigenvalue weighted by atomic mass is 35.5. The number of ether oxygens (including phenoxy) is 1. The van der Waals surface area contributed by atoms with E-state index in [0.717, 1.165) is 0 Å². The van der Waals surface area contributed by atoms with Gasteiger partial charge in [0, 0.05) is 6.07 Å². The van der Waals surface area contributed by atoms with E-state index in [2.05, 4.69) is 6.58 Å². The number of rotatable bonds is 4. The first-order valence-corrected chi connectivity index (χ1v) is 5.23. The van der Waals surface area contributed by atoms with Crippen LogP contribution in [0.15, 0.2) is 24.3 Å². The molecule has 0 radical (unpaired) electrons. The Kier molecular flexibility index (Phi) is 4.47. The molecule has 1 rings (SSSR count). The zero-order valence-electron chi connectivity index (χ0n) is 7.97. The van der Waals surface area contributed by atoms with Crippen molar-refractivity contribution in [3.63, 3.8) is 0 Å². The summed E-state index contributed by atoms with van der Waals surface area (Å²) in [7, 11) is 0. The minimum atomic E-state index is -1.13. The summed E-state index contributed by atoms with van der Waals surface area (Å²) in [4.78, 5) is 10.5. The lowest BCUT2D eigenvalue weighted by Gasteiger charge is -2.08. The molecule has 16 heavy (non-hydrogen) atoms. The zero-order chi connectivity index (χ0) is 12.3. The van der Waals surface area contributed by atoms with E-state index >= 15 is 0 Å². The van der Waals surface area contributed by atoms with Crippen molar-refractivity contribution in [1.82, 2.24) is 0 Å². The van der Waals surface area contributed by atoms with Crippen LogP contribution in [0.25, 0.3) is 0 Å². The molecule has 1 aromatic rings. The molecule has 0 saturated heterocycles. The smallest absolute Gasteiger partial charge is 0.334 e. The Labute approximate surface area is 107 Å². The van der Waals surface area contributed by atoms with Crippen LogP contribution in [-0.4, -0.2) is 17.7 Å². The third-order valence-electron chi connectivity index (χ3n) is 1.68. The first-order valence-electron chi connectivity index (χ1n) is 4.10. The van der Waals surface area contributed by atoms with Crippen LogP contribution < -0.4 is 4.74 Å². The Bertz CT molecular complexity index is 443. The van der Waals surface area contributed by atoms with Crippen molar-refractivity contribution < 1.29 is 14.6 Å². The monoisotopic (exact) mass is 280 g/mol. The number of carboxylic acid groups (broad SMARTS) is 1. The van der Waals surface area contributed by atoms with Gasteiger partial charge in [0.15, 0.2) is 0 Å². The van der Waals surface area contributed by atoms with Crippen LogP contribution in [0.5, 0.6) is 5.75 Å². The lowest BCUT2D eigenvalue weighted by Crippen LogP contribution is -2.09. The summed E-state index contributed by atoms with van der Waals surface area (Å²) in [5.41, 5.74) is -0.0814. The number of benzene rings is 1. The van der Waals surface area contributed by atoms with Crippen molar-refractivity contribution in [2.75, 3.05) is 6.61 Å². The maximum Gasteiger partial charge on any atom is 0.334 e. The summed E-state index contributed by atoms with van der Waals surface area (Å²) >= 11 is 17.3. The SMILES string of the molecule is C=C(COc1cc(Cl)c(Cl)cc1Cl)C(=O)O. The summed E-state index contributed by atoms with van der Waals surface area (Å²) in [6, 6.07) is 2.84. The van der Waals surface area contributed by atoms with Gasteiger partial charge in [-0.3, -0.25) is 0 Å². The number of hydrogen-bond donors (Lipinski definition) is 1. The molecule has 0 fully saturated rings. The second-order valence-electron chi connectivity index (χ2n) is 2.89. The fourth-order valence-electron chi connectivity index (χ4n) is 0.842. The lowest BCUT2D eigenvalue weighted by molar-refractivity contribution is -0.133. The number of carboxylic acids is 1. The highest BCUT2D eigenvalue weighted by molar-refractivity contribution is 6.43. The maximum atomic E-state index is 10.5. The molecule has 6 heteroatoms. The molecule has 0 spiro atoms. The van der Waals surface area contributed by atoms with E-state index in [-0.39, 0.29) is 28.0 Å². The maximum absolute atomic E-state index is 10.5. The largest absolute Gasteiger partial charge is 0.487 e. The van der Waals surface area contributed by atoms with E-state index in [4.69, 9.17) is 44.6 Å². The van der Waals surface area contributed by atoms with Crippen LogP contribution in [0.1, 0.15) is 0 Å². The van der Waals surface area contributed by atoms with Crippen molar-refractivity contribution in [3.05, 3.63) is 39.4 Å². The van der Waals surface area contributed by atoms with Crippen molar-refractivity contribution in [3.8, 4) is 5.75 Å². The van der Waals surface area contributed by atoms with Gasteiger partial charge >= 0.3 is 5.97 Å². The number of carbonyl (C=O) groups is 1. The molecule has 0 bridgehead atoms. The first-order chi connectivity index (χ1) is 7.41. The van der Waals surface area contributed by atoms with E-state index in [9.17, 15) is 4.79 Å². The van der Waals surface area contributed by atoms with E-state index in [1.165, 1.54) is 12.1 Å². The van der Waals surface area contributed by atoms with Crippen molar-refractivity contribution in [1.29, 1.82) is 0 Å². The Balaban J connectivity index is 2.78. The van der Waals surface area contributed by atoms with Crippen LogP contribution in [0.3, 0.4) is 0 Å². The molecule has 0 aromatic heterocycles. The standard InChI is InChI=1S/C10H7Cl3O3/c1-5(10(14)15)4-16-9-3-7(12)6(11)2-8(9)13/h2-3H,1,4H2,(H,14,15). The van der Waals surface area contributed by atoms with Gasteiger partial charge in [-0.05, 0) is 6.07 Å². The fourth-order valence-corrected chi connectivity index (χ4v) is 1.43. The summed E-state index contributed by atoms with van der Waals surface area (Å²) in [5, 5.41) is 9.41. The zero-order valence-corrected chi connectivity index (χ0v) is 10.2. The quantitative estimate of drug-likeness (QED) is 0.676. The highest BCUT2D eigenvalue weighted by Gasteiger charge is 2.09. The molecule has 0 unspecified atom stereocenters. The normalized spacial score (nSPS) is 9.94. The van der Waals surface area contributed by atoms with Gasteiger partial charge < -0.3 is 9.84 Å². The third-order valence-corrected chi connectivity index (χ3v) is 2.70. The van der Waals surface area contributed by atoms with Crippen molar-refractivity contribution in [2.24, 2.45) is 0 Å². The summed E-state index contributed by atoms with van der Waals surface area (Å²) in [6.07, 6.45) is 0. The minimum absolute atomic E-state index is 0.0814. The van der Waals surface area contributed by atoms with E-state index in [1.807, 2.05) is 0 Å². The first kappa shape index (κ1) is 13.2. The van der Waals surface area contributed by atoms with Gasteiger partial charge in [0.2, 0.25) is 0 Å².